The van der Waals surface area contributed by atoms with Crippen LogP contribution in [0.3, 0.4) is 0 Å². The summed E-state index contributed by atoms with van der Waals surface area (Å²) in [5.41, 5.74) is 0.356. The van der Waals surface area contributed by atoms with Crippen LogP contribution in [0.25, 0.3) is 0 Å². The molecule has 1 aliphatic rings. The van der Waals surface area contributed by atoms with Crippen LogP contribution in [0.15, 0.2) is 24.4 Å². The topological polar surface area (TPSA) is 51.1 Å². The van der Waals surface area contributed by atoms with Crippen molar-refractivity contribution in [2.75, 3.05) is 18.5 Å². The molecule has 3 rings (SSSR count). The van der Waals surface area contributed by atoms with Crippen LogP contribution in [-0.4, -0.2) is 34.1 Å². The van der Waals surface area contributed by atoms with Gasteiger partial charge in [-0.15, -0.1) is 0 Å². The van der Waals surface area contributed by atoms with Crippen LogP contribution >= 0.6 is 35.4 Å². The Balaban J connectivity index is 1.61. The Morgan fingerprint density at radius 3 is 2.96 bits per heavy atom. The molecule has 2 N–H and O–H groups in total. The molecule has 5 nitrogen and oxygen atoms in total. The lowest BCUT2D eigenvalue weighted by Crippen LogP contribution is -2.35. The van der Waals surface area contributed by atoms with E-state index in [2.05, 4.69) is 15.7 Å². The Morgan fingerprint density at radius 2 is 2.24 bits per heavy atom. The van der Waals surface area contributed by atoms with Crippen molar-refractivity contribution in [3.05, 3.63) is 45.8 Å². The molecule has 0 aliphatic carbocycles. The molecule has 0 unspecified atom stereocenters. The smallest absolute Gasteiger partial charge is 0.173 e. The van der Waals surface area contributed by atoms with Gasteiger partial charge in [0, 0.05) is 29.9 Å². The molecule has 1 aromatic heterocycles. The summed E-state index contributed by atoms with van der Waals surface area (Å²) >= 11 is 17.5. The molecule has 1 aliphatic heterocycles. The number of hydrogen-bond acceptors (Lipinski definition) is 3. The maximum atomic E-state index is 13.9. The fourth-order valence-electron chi connectivity index (χ4n) is 2.57. The highest BCUT2D eigenvalue weighted by molar-refractivity contribution is 7.80. The molecule has 0 bridgehead atoms. The molecule has 9 heteroatoms. The van der Waals surface area contributed by atoms with Gasteiger partial charge < -0.3 is 15.4 Å². The number of nitrogens with zero attached hydrogens (tertiary/aromatic N) is 2. The van der Waals surface area contributed by atoms with Crippen LogP contribution in [0.5, 0.6) is 0 Å². The monoisotopic (exact) mass is 402 g/mol. The zero-order valence-electron chi connectivity index (χ0n) is 13.3. The molecule has 1 saturated heterocycles. The van der Waals surface area contributed by atoms with Gasteiger partial charge in [0.05, 0.1) is 12.6 Å². The third-order valence-electron chi connectivity index (χ3n) is 3.85. The number of ether oxygens (including phenoxy) is 1. The zero-order chi connectivity index (χ0) is 17.8. The SMILES string of the molecule is Fc1cccc(Cl)c1Cn1cc(Cl)c(NC(=S)NC[C@H]2CCCO2)n1. The van der Waals surface area contributed by atoms with Gasteiger partial charge in [-0.25, -0.2) is 4.39 Å². The Hall–Kier alpha value is -1.41. The Morgan fingerprint density at radius 1 is 1.40 bits per heavy atom. The van der Waals surface area contributed by atoms with E-state index >= 15 is 0 Å². The number of aromatic nitrogens is 2. The third-order valence-corrected chi connectivity index (χ3v) is 4.72. The lowest BCUT2D eigenvalue weighted by atomic mass is 10.2. The van der Waals surface area contributed by atoms with Crippen LogP contribution in [0.4, 0.5) is 10.2 Å². The summed E-state index contributed by atoms with van der Waals surface area (Å²) in [5.74, 6) is 0.0151. The van der Waals surface area contributed by atoms with E-state index < -0.39 is 0 Å². The first-order valence-electron chi connectivity index (χ1n) is 7.85. The average molecular weight is 403 g/mol. The predicted molar refractivity (Wildman–Crippen MR) is 101 cm³/mol. The minimum atomic E-state index is -0.387. The highest BCUT2D eigenvalue weighted by Crippen LogP contribution is 2.23. The van der Waals surface area contributed by atoms with Crippen molar-refractivity contribution in [3.8, 4) is 0 Å². The first-order chi connectivity index (χ1) is 12.0. The van der Waals surface area contributed by atoms with E-state index in [0.717, 1.165) is 19.4 Å². The van der Waals surface area contributed by atoms with Gasteiger partial charge in [0.2, 0.25) is 0 Å². The van der Waals surface area contributed by atoms with E-state index in [1.807, 2.05) is 0 Å². The van der Waals surface area contributed by atoms with Crippen molar-refractivity contribution in [2.45, 2.75) is 25.5 Å². The summed E-state index contributed by atoms with van der Waals surface area (Å²) in [6.07, 6.45) is 3.86. The minimum Gasteiger partial charge on any atom is -0.376 e. The molecule has 134 valence electrons. The third kappa shape index (κ3) is 4.82. The molecule has 1 fully saturated rings. The number of benzene rings is 1. The summed E-state index contributed by atoms with van der Waals surface area (Å²) < 4.78 is 20.9. The predicted octanol–water partition coefficient (Wildman–Crippen LogP) is 3.84. The van der Waals surface area contributed by atoms with Gasteiger partial charge in [0.25, 0.3) is 0 Å². The zero-order valence-corrected chi connectivity index (χ0v) is 15.6. The van der Waals surface area contributed by atoms with E-state index in [9.17, 15) is 4.39 Å². The highest BCUT2D eigenvalue weighted by Gasteiger charge is 2.16. The standard InChI is InChI=1S/C16H17Cl2FN4OS/c17-12-4-1-5-14(19)11(12)8-23-9-13(18)15(22-23)21-16(25)20-7-10-3-2-6-24-10/h1,4-5,9-10H,2-3,6-8H2,(H2,20,21,22,25)/t10-/m1/s1. The number of rotatable bonds is 5. The molecular formula is C16H17Cl2FN4OS. The van der Waals surface area contributed by atoms with Crippen LogP contribution in [0.2, 0.25) is 10.0 Å². The quantitative estimate of drug-likeness (QED) is 0.743. The molecule has 0 saturated carbocycles. The van der Waals surface area contributed by atoms with Gasteiger partial charge >= 0.3 is 0 Å². The maximum absolute atomic E-state index is 13.9. The second kappa shape index (κ2) is 8.31. The summed E-state index contributed by atoms with van der Waals surface area (Å²) in [7, 11) is 0. The second-order valence-electron chi connectivity index (χ2n) is 5.69. The van der Waals surface area contributed by atoms with Gasteiger partial charge in [-0.3, -0.25) is 4.68 Å². The maximum Gasteiger partial charge on any atom is 0.173 e. The number of anilines is 1. The largest absolute Gasteiger partial charge is 0.376 e. The molecule has 1 atom stereocenters. The van der Waals surface area contributed by atoms with Gasteiger partial charge in [-0.05, 0) is 37.2 Å². The fraction of sp³-hybridized carbons (Fsp3) is 0.375. The average Bonchev–Trinajstić information content (AvgIpc) is 3.20. The summed E-state index contributed by atoms with van der Waals surface area (Å²) in [5, 5.41) is 11.5. The molecular weight excluding hydrogens is 386 g/mol. The van der Waals surface area contributed by atoms with Crippen molar-refractivity contribution in [3.63, 3.8) is 0 Å². The van der Waals surface area contributed by atoms with Gasteiger partial charge in [-0.1, -0.05) is 29.3 Å². The molecule has 2 heterocycles. The van der Waals surface area contributed by atoms with E-state index in [-0.39, 0.29) is 18.5 Å². The van der Waals surface area contributed by atoms with Crippen LogP contribution in [-0.2, 0) is 11.3 Å². The number of hydrogen-bond donors (Lipinski definition) is 2. The fourth-order valence-corrected chi connectivity index (χ4v) is 3.17. The number of halogens is 3. The van der Waals surface area contributed by atoms with Crippen molar-refractivity contribution < 1.29 is 9.13 Å². The molecule has 0 radical (unpaired) electrons. The van der Waals surface area contributed by atoms with E-state index in [0.29, 0.717) is 33.1 Å². The minimum absolute atomic E-state index is 0.170. The molecule has 0 spiro atoms. The van der Waals surface area contributed by atoms with E-state index in [1.165, 1.54) is 10.7 Å². The van der Waals surface area contributed by atoms with Gasteiger partial charge in [0.1, 0.15) is 10.8 Å². The lowest BCUT2D eigenvalue weighted by Gasteiger charge is -2.13. The van der Waals surface area contributed by atoms with Crippen LogP contribution in [0, 0.1) is 5.82 Å². The van der Waals surface area contributed by atoms with Gasteiger partial charge in [0.15, 0.2) is 10.9 Å². The Kier molecular flexibility index (Phi) is 6.11. The summed E-state index contributed by atoms with van der Waals surface area (Å²) in [6, 6.07) is 4.55. The molecule has 25 heavy (non-hydrogen) atoms. The number of thiocarbonyl (C=S) groups is 1. The van der Waals surface area contributed by atoms with Gasteiger partial charge in [-0.2, -0.15) is 5.10 Å². The molecule has 1 aromatic carbocycles. The second-order valence-corrected chi connectivity index (χ2v) is 6.92. The molecule has 2 aromatic rings. The van der Waals surface area contributed by atoms with Crippen molar-refractivity contribution in [2.24, 2.45) is 0 Å². The molecule has 0 amide bonds. The first kappa shape index (κ1) is 18.4. The van der Waals surface area contributed by atoms with Crippen LogP contribution in [0.1, 0.15) is 18.4 Å². The summed E-state index contributed by atoms with van der Waals surface area (Å²) in [4.78, 5) is 0. The van der Waals surface area contributed by atoms with Crippen LogP contribution < -0.4 is 10.6 Å². The first-order valence-corrected chi connectivity index (χ1v) is 9.01. The highest BCUT2D eigenvalue weighted by atomic mass is 35.5. The lowest BCUT2D eigenvalue weighted by molar-refractivity contribution is 0.114. The van der Waals surface area contributed by atoms with Crippen molar-refractivity contribution in [1.29, 1.82) is 0 Å². The summed E-state index contributed by atoms with van der Waals surface area (Å²) in [6.45, 7) is 1.60. The van der Waals surface area contributed by atoms with Crippen molar-refractivity contribution in [1.82, 2.24) is 15.1 Å². The Bertz CT molecular complexity index is 744. The number of nitrogens with one attached hydrogen (secondary N) is 2. The normalized spacial score (nSPS) is 16.8. The van der Waals surface area contributed by atoms with Crippen molar-refractivity contribution >= 4 is 46.4 Å². The Labute approximate surface area is 160 Å². The van der Waals surface area contributed by atoms with E-state index in [4.69, 9.17) is 40.2 Å². The van der Waals surface area contributed by atoms with E-state index in [1.54, 1.807) is 18.3 Å².